The molecule has 0 saturated heterocycles. The number of aliphatic hydroxyl groups is 1. The molecular weight excluding hydrogens is 362 g/mol. The van der Waals surface area contributed by atoms with Gasteiger partial charge in [0.05, 0.1) is 12.6 Å². The van der Waals surface area contributed by atoms with Crippen LogP contribution in [0, 0.1) is 5.92 Å². The van der Waals surface area contributed by atoms with E-state index in [4.69, 9.17) is 0 Å². The van der Waals surface area contributed by atoms with E-state index < -0.39 is 0 Å². The van der Waals surface area contributed by atoms with Gasteiger partial charge in [-0.3, -0.25) is 5.10 Å². The molecule has 2 aromatic heterocycles. The Kier molecular flexibility index (Phi) is 5.78. The van der Waals surface area contributed by atoms with Gasteiger partial charge in [-0.15, -0.1) is 5.10 Å². The van der Waals surface area contributed by atoms with Crippen molar-refractivity contribution >= 4 is 22.9 Å². The second-order valence-electron chi connectivity index (χ2n) is 7.05. The van der Waals surface area contributed by atoms with Gasteiger partial charge in [0.2, 0.25) is 11.6 Å². The van der Waals surface area contributed by atoms with Crippen molar-refractivity contribution in [3.63, 3.8) is 0 Å². The van der Waals surface area contributed by atoms with Crippen LogP contribution in [0.15, 0.2) is 18.2 Å². The van der Waals surface area contributed by atoms with Crippen LogP contribution in [0.2, 0.25) is 0 Å². The van der Waals surface area contributed by atoms with Crippen molar-refractivity contribution < 1.29 is 15.3 Å². The van der Waals surface area contributed by atoms with Gasteiger partial charge in [-0.2, -0.15) is 9.97 Å². The molecule has 0 radical (unpaired) electrons. The number of rotatable bonds is 8. The van der Waals surface area contributed by atoms with Gasteiger partial charge in [-0.1, -0.05) is 25.1 Å². The minimum atomic E-state index is -0.178. The van der Waals surface area contributed by atoms with Crippen LogP contribution < -0.4 is 10.2 Å². The van der Waals surface area contributed by atoms with E-state index in [9.17, 15) is 15.3 Å². The van der Waals surface area contributed by atoms with E-state index in [0.717, 1.165) is 5.56 Å². The highest BCUT2D eigenvalue weighted by Crippen LogP contribution is 2.26. The lowest BCUT2D eigenvalue weighted by atomic mass is 10.1. The average Bonchev–Trinajstić information content (AvgIpc) is 3.14. The fraction of sp³-hybridized carbons (Fsp3) is 0.444. The zero-order chi connectivity index (χ0) is 20.3. The van der Waals surface area contributed by atoms with Crippen LogP contribution in [-0.2, 0) is 6.42 Å². The van der Waals surface area contributed by atoms with Gasteiger partial charge in [-0.05, 0) is 30.0 Å². The van der Waals surface area contributed by atoms with Crippen LogP contribution in [0.5, 0.6) is 11.5 Å². The van der Waals surface area contributed by atoms with Gasteiger partial charge in [-0.25, -0.2) is 0 Å². The van der Waals surface area contributed by atoms with E-state index >= 15 is 0 Å². The van der Waals surface area contributed by atoms with Crippen molar-refractivity contribution in [3.05, 3.63) is 23.8 Å². The SMILES string of the molecule is CC(C)[C@H](CO)Nc1nc(N(C)CCc2ccc(O)c(O)c2)c2[nH]nnc2n1. The van der Waals surface area contributed by atoms with Crippen molar-refractivity contribution in [3.8, 4) is 11.5 Å². The standard InChI is InChI=1S/C18H25N7O3/c1-10(2)12(9-26)19-18-20-16-15(22-24-23-16)17(21-18)25(3)7-6-11-4-5-13(27)14(28)8-11/h4-5,8,10,12,26-28H,6-7,9H2,1-3H3,(H2,19,20,21,22,23,24)/t12-/m0/s1. The lowest BCUT2D eigenvalue weighted by Crippen LogP contribution is -2.31. The summed E-state index contributed by atoms with van der Waals surface area (Å²) in [6.07, 6.45) is 0.630. The molecule has 150 valence electrons. The molecule has 5 N–H and O–H groups in total. The van der Waals surface area contributed by atoms with Gasteiger partial charge in [0.25, 0.3) is 0 Å². The molecule has 3 rings (SSSR count). The predicted molar refractivity (Wildman–Crippen MR) is 106 cm³/mol. The van der Waals surface area contributed by atoms with Gasteiger partial charge in [0, 0.05) is 13.6 Å². The first-order chi connectivity index (χ1) is 13.4. The number of hydrogen-bond donors (Lipinski definition) is 5. The van der Waals surface area contributed by atoms with E-state index in [2.05, 4.69) is 30.7 Å². The highest BCUT2D eigenvalue weighted by molar-refractivity contribution is 5.83. The molecule has 0 spiro atoms. The lowest BCUT2D eigenvalue weighted by Gasteiger charge is -2.22. The Morgan fingerprint density at radius 3 is 2.64 bits per heavy atom. The van der Waals surface area contributed by atoms with Gasteiger partial charge < -0.3 is 25.5 Å². The van der Waals surface area contributed by atoms with E-state index in [0.29, 0.717) is 35.9 Å². The molecule has 0 amide bonds. The molecule has 0 saturated carbocycles. The molecule has 0 unspecified atom stereocenters. The van der Waals surface area contributed by atoms with Crippen molar-refractivity contribution in [2.75, 3.05) is 30.4 Å². The Balaban J connectivity index is 1.81. The molecule has 10 heteroatoms. The number of aromatic amines is 1. The van der Waals surface area contributed by atoms with Crippen LogP contribution in [0.25, 0.3) is 11.2 Å². The Morgan fingerprint density at radius 1 is 1.18 bits per heavy atom. The summed E-state index contributed by atoms with van der Waals surface area (Å²) >= 11 is 0. The molecule has 28 heavy (non-hydrogen) atoms. The number of benzene rings is 1. The lowest BCUT2D eigenvalue weighted by molar-refractivity contribution is 0.248. The van der Waals surface area contributed by atoms with E-state index in [-0.39, 0.29) is 30.1 Å². The molecule has 0 fully saturated rings. The van der Waals surface area contributed by atoms with Gasteiger partial charge in [0.1, 0.15) is 5.52 Å². The van der Waals surface area contributed by atoms with Crippen LogP contribution in [0.4, 0.5) is 11.8 Å². The number of likely N-dealkylation sites (N-methyl/N-ethyl adjacent to an activating group) is 1. The number of aliphatic hydroxyl groups excluding tert-OH is 1. The number of fused-ring (bicyclic) bond motifs is 1. The summed E-state index contributed by atoms with van der Waals surface area (Å²) in [5, 5.41) is 42.4. The number of phenolic OH excluding ortho intramolecular Hbond substituents is 2. The summed E-state index contributed by atoms with van der Waals surface area (Å²) < 4.78 is 0. The second-order valence-corrected chi connectivity index (χ2v) is 7.05. The first kappa shape index (κ1) is 19.6. The fourth-order valence-corrected chi connectivity index (χ4v) is 2.79. The Bertz CT molecular complexity index is 944. The normalized spacial score (nSPS) is 12.5. The average molecular weight is 387 g/mol. The Hall–Kier alpha value is -3.14. The number of aromatic nitrogens is 5. The quantitative estimate of drug-likeness (QED) is 0.361. The third kappa shape index (κ3) is 4.22. The maximum absolute atomic E-state index is 9.65. The number of anilines is 2. The highest BCUT2D eigenvalue weighted by Gasteiger charge is 2.18. The summed E-state index contributed by atoms with van der Waals surface area (Å²) in [5.74, 6) is 0.916. The molecule has 1 aromatic carbocycles. The van der Waals surface area contributed by atoms with Crippen molar-refractivity contribution in [1.29, 1.82) is 0 Å². The van der Waals surface area contributed by atoms with Crippen molar-refractivity contribution in [2.24, 2.45) is 5.92 Å². The Morgan fingerprint density at radius 2 is 1.96 bits per heavy atom. The molecule has 10 nitrogen and oxygen atoms in total. The summed E-state index contributed by atoms with van der Waals surface area (Å²) in [7, 11) is 1.89. The van der Waals surface area contributed by atoms with E-state index in [1.165, 1.54) is 12.1 Å². The monoisotopic (exact) mass is 387 g/mol. The maximum atomic E-state index is 9.65. The van der Waals surface area contributed by atoms with Crippen molar-refractivity contribution in [1.82, 2.24) is 25.4 Å². The fourth-order valence-electron chi connectivity index (χ4n) is 2.79. The zero-order valence-electron chi connectivity index (χ0n) is 16.1. The number of aromatic hydroxyl groups is 2. The number of nitrogens with zero attached hydrogens (tertiary/aromatic N) is 5. The Labute approximate surface area is 162 Å². The van der Waals surface area contributed by atoms with Crippen LogP contribution in [-0.4, -0.2) is 66.9 Å². The van der Waals surface area contributed by atoms with Crippen LogP contribution in [0.3, 0.4) is 0 Å². The van der Waals surface area contributed by atoms with E-state index in [1.54, 1.807) is 6.07 Å². The minimum Gasteiger partial charge on any atom is -0.504 e. The number of hydrogen-bond acceptors (Lipinski definition) is 9. The third-order valence-electron chi connectivity index (χ3n) is 4.63. The minimum absolute atomic E-state index is 0.0343. The molecule has 0 aliphatic heterocycles. The molecule has 3 aromatic rings. The summed E-state index contributed by atoms with van der Waals surface area (Å²) in [4.78, 5) is 10.9. The smallest absolute Gasteiger partial charge is 0.227 e. The summed E-state index contributed by atoms with van der Waals surface area (Å²) in [6.45, 7) is 4.57. The number of H-pyrrole nitrogens is 1. The molecule has 2 heterocycles. The molecule has 0 aliphatic rings. The topological polar surface area (TPSA) is 143 Å². The molecule has 0 aliphatic carbocycles. The largest absolute Gasteiger partial charge is 0.504 e. The first-order valence-corrected chi connectivity index (χ1v) is 9.07. The summed E-state index contributed by atoms with van der Waals surface area (Å²) in [5.41, 5.74) is 1.93. The van der Waals surface area contributed by atoms with Gasteiger partial charge >= 0.3 is 0 Å². The van der Waals surface area contributed by atoms with Crippen molar-refractivity contribution in [2.45, 2.75) is 26.3 Å². The first-order valence-electron chi connectivity index (χ1n) is 9.07. The van der Waals surface area contributed by atoms with E-state index in [1.807, 2.05) is 25.8 Å². The zero-order valence-corrected chi connectivity index (χ0v) is 16.1. The number of phenols is 2. The third-order valence-corrected chi connectivity index (χ3v) is 4.63. The maximum Gasteiger partial charge on any atom is 0.227 e. The van der Waals surface area contributed by atoms with Gasteiger partial charge in [0.15, 0.2) is 17.3 Å². The summed E-state index contributed by atoms with van der Waals surface area (Å²) in [6, 6.07) is 4.59. The predicted octanol–water partition coefficient (Wildman–Crippen LogP) is 1.27. The number of nitrogens with one attached hydrogen (secondary N) is 2. The van der Waals surface area contributed by atoms with Crippen LogP contribution in [0.1, 0.15) is 19.4 Å². The molecule has 0 bridgehead atoms. The molecule has 1 atom stereocenters. The second kappa shape index (κ2) is 8.26. The van der Waals surface area contributed by atoms with Crippen LogP contribution >= 0.6 is 0 Å². The highest BCUT2D eigenvalue weighted by atomic mass is 16.3. The molecular formula is C18H25N7O3.